The van der Waals surface area contributed by atoms with Gasteiger partial charge in [-0.05, 0) is 42.4 Å². The molecule has 0 aromatic heterocycles. The summed E-state index contributed by atoms with van der Waals surface area (Å²) < 4.78 is 13.9. The van der Waals surface area contributed by atoms with E-state index in [1.54, 1.807) is 13.8 Å². The summed E-state index contributed by atoms with van der Waals surface area (Å²) in [6.07, 6.45) is 5.20. The summed E-state index contributed by atoms with van der Waals surface area (Å²) in [6.45, 7) is 3.50. The quantitative estimate of drug-likeness (QED) is 0.414. The predicted octanol–water partition coefficient (Wildman–Crippen LogP) is 4.95. The van der Waals surface area contributed by atoms with Gasteiger partial charge in [-0.1, -0.05) is 46.0 Å². The third kappa shape index (κ3) is 5.71. The summed E-state index contributed by atoms with van der Waals surface area (Å²) in [4.78, 5) is 13.3. The highest BCUT2D eigenvalue weighted by molar-refractivity contribution is 5.97. The Balaban J connectivity index is 1.92. The summed E-state index contributed by atoms with van der Waals surface area (Å²) in [5.74, 6) is -1.57. The number of hydrogen-bond donors (Lipinski definition) is 5. The first-order valence-corrected chi connectivity index (χ1v) is 11.0. The fraction of sp³-hybridized carbons (Fsp3) is 0.480. The van der Waals surface area contributed by atoms with Crippen molar-refractivity contribution in [1.82, 2.24) is 0 Å². The third-order valence-electron chi connectivity index (χ3n) is 6.36. The Morgan fingerprint density at radius 2 is 1.66 bits per heavy atom. The van der Waals surface area contributed by atoms with E-state index in [0.29, 0.717) is 5.56 Å². The van der Waals surface area contributed by atoms with E-state index < -0.39 is 22.7 Å². The van der Waals surface area contributed by atoms with Gasteiger partial charge in [-0.2, -0.15) is 0 Å². The molecule has 0 spiro atoms. The zero-order chi connectivity index (χ0) is 23.5. The van der Waals surface area contributed by atoms with Gasteiger partial charge in [-0.25, -0.2) is 4.39 Å². The van der Waals surface area contributed by atoms with Crippen LogP contribution in [0.1, 0.15) is 64.4 Å². The molecule has 1 saturated carbocycles. The van der Waals surface area contributed by atoms with Crippen molar-refractivity contribution in [2.75, 3.05) is 5.32 Å². The third-order valence-corrected chi connectivity index (χ3v) is 6.36. The molecular weight excluding hydrogens is 413 g/mol. The molecule has 2 aromatic carbocycles. The molecule has 1 aliphatic rings. The zero-order valence-corrected chi connectivity index (χ0v) is 18.6. The molecule has 1 atom stereocenters. The van der Waals surface area contributed by atoms with E-state index in [2.05, 4.69) is 5.32 Å². The maximum absolute atomic E-state index is 13.9. The van der Waals surface area contributed by atoms with Crippen LogP contribution in [0.15, 0.2) is 36.4 Å². The highest BCUT2D eigenvalue weighted by atomic mass is 19.1. The Morgan fingerprint density at radius 3 is 2.28 bits per heavy atom. The lowest BCUT2D eigenvalue weighted by atomic mass is 9.70. The summed E-state index contributed by atoms with van der Waals surface area (Å²) in [5, 5.41) is 44.1. The molecule has 1 aliphatic carbocycles. The first kappa shape index (κ1) is 23.9. The lowest BCUT2D eigenvalue weighted by Gasteiger charge is -2.38. The van der Waals surface area contributed by atoms with Crippen molar-refractivity contribution in [3.05, 3.63) is 47.8 Å². The number of aromatic hydroxyl groups is 3. The number of halogens is 1. The van der Waals surface area contributed by atoms with Gasteiger partial charge >= 0.3 is 0 Å². The van der Waals surface area contributed by atoms with Crippen molar-refractivity contribution in [1.29, 1.82) is 0 Å². The summed E-state index contributed by atoms with van der Waals surface area (Å²) in [5.41, 5.74) is -2.28. The lowest BCUT2D eigenvalue weighted by molar-refractivity contribution is -0.138. The van der Waals surface area contributed by atoms with Gasteiger partial charge in [0.2, 0.25) is 0 Å². The number of amides is 1. The van der Waals surface area contributed by atoms with E-state index in [1.165, 1.54) is 24.3 Å². The molecule has 0 bridgehead atoms. The molecule has 3 rings (SSSR count). The maximum Gasteiger partial charge on any atom is 0.256 e. The van der Waals surface area contributed by atoms with Gasteiger partial charge in [-0.3, -0.25) is 4.79 Å². The van der Waals surface area contributed by atoms with E-state index >= 15 is 0 Å². The van der Waals surface area contributed by atoms with Gasteiger partial charge in [0.25, 0.3) is 5.91 Å². The Hall–Kier alpha value is -2.80. The number of carbonyl (C=O) groups is 1. The fourth-order valence-electron chi connectivity index (χ4n) is 4.91. The van der Waals surface area contributed by atoms with Crippen LogP contribution in [0.4, 0.5) is 10.1 Å². The van der Waals surface area contributed by atoms with Crippen molar-refractivity contribution in [3.63, 3.8) is 0 Å². The number of rotatable bonds is 7. The topological polar surface area (TPSA) is 110 Å². The molecule has 0 saturated heterocycles. The Kier molecular flexibility index (Phi) is 6.98. The highest BCUT2D eigenvalue weighted by Crippen LogP contribution is 2.42. The zero-order valence-electron chi connectivity index (χ0n) is 18.6. The van der Waals surface area contributed by atoms with Gasteiger partial charge in [0.15, 0.2) is 0 Å². The summed E-state index contributed by atoms with van der Waals surface area (Å²) in [7, 11) is 0. The van der Waals surface area contributed by atoms with E-state index in [9.17, 15) is 29.6 Å². The maximum atomic E-state index is 13.9. The average molecular weight is 446 g/mol. The Labute approximate surface area is 187 Å². The van der Waals surface area contributed by atoms with Crippen molar-refractivity contribution in [3.8, 4) is 17.2 Å². The van der Waals surface area contributed by atoms with Crippen LogP contribution in [0.5, 0.6) is 17.2 Å². The molecule has 1 unspecified atom stereocenters. The smallest absolute Gasteiger partial charge is 0.256 e. The van der Waals surface area contributed by atoms with Crippen molar-refractivity contribution >= 4 is 11.6 Å². The minimum Gasteiger partial charge on any atom is -0.508 e. The molecular formula is C25H32FNO5. The van der Waals surface area contributed by atoms with Crippen LogP contribution in [0, 0.1) is 11.7 Å². The second-order valence-electron chi connectivity index (χ2n) is 9.65. The standard InChI is InChI=1S/C25H32FNO5/c1-24(2,21-10-17(26)8-9-22(21)30)15-25(32,14-16-6-4-3-5-7-16)23(31)27-18-11-19(28)13-20(29)12-18/h8-13,16,28-30,32H,3-7,14-15H2,1-2H3,(H,27,31). The average Bonchev–Trinajstić information content (AvgIpc) is 2.69. The summed E-state index contributed by atoms with van der Waals surface area (Å²) >= 11 is 0. The number of phenols is 3. The number of hydrogen-bond acceptors (Lipinski definition) is 5. The molecule has 5 N–H and O–H groups in total. The molecule has 174 valence electrons. The van der Waals surface area contributed by atoms with E-state index in [-0.39, 0.29) is 41.7 Å². The molecule has 1 amide bonds. The second-order valence-corrected chi connectivity index (χ2v) is 9.65. The molecule has 0 radical (unpaired) electrons. The predicted molar refractivity (Wildman–Crippen MR) is 120 cm³/mol. The van der Waals surface area contributed by atoms with Crippen LogP contribution < -0.4 is 5.32 Å². The molecule has 6 nitrogen and oxygen atoms in total. The molecule has 1 fully saturated rings. The van der Waals surface area contributed by atoms with E-state index in [0.717, 1.165) is 44.2 Å². The van der Waals surface area contributed by atoms with E-state index in [1.807, 2.05) is 0 Å². The van der Waals surface area contributed by atoms with E-state index in [4.69, 9.17) is 0 Å². The van der Waals surface area contributed by atoms with Gasteiger partial charge in [0.05, 0.1) is 0 Å². The normalized spacial score (nSPS) is 17.0. The number of carbonyl (C=O) groups excluding carboxylic acids is 1. The fourth-order valence-corrected chi connectivity index (χ4v) is 4.91. The Bertz CT molecular complexity index is 951. The van der Waals surface area contributed by atoms with Crippen LogP contribution in [0.25, 0.3) is 0 Å². The van der Waals surface area contributed by atoms with Crippen LogP contribution >= 0.6 is 0 Å². The minimum atomic E-state index is -1.81. The molecule has 0 heterocycles. The largest absolute Gasteiger partial charge is 0.508 e. The van der Waals surface area contributed by atoms with Gasteiger partial charge in [0.1, 0.15) is 28.7 Å². The number of benzene rings is 2. The lowest BCUT2D eigenvalue weighted by Crippen LogP contribution is -2.48. The van der Waals surface area contributed by atoms with Gasteiger partial charge in [0, 0.05) is 29.4 Å². The first-order chi connectivity index (χ1) is 15.0. The number of nitrogens with one attached hydrogen (secondary N) is 1. The van der Waals surface area contributed by atoms with Crippen LogP contribution in [-0.2, 0) is 10.2 Å². The van der Waals surface area contributed by atoms with Crippen molar-refractivity contribution in [2.24, 2.45) is 5.92 Å². The minimum absolute atomic E-state index is 0.0514. The van der Waals surface area contributed by atoms with Crippen molar-refractivity contribution in [2.45, 2.75) is 69.8 Å². The monoisotopic (exact) mass is 445 g/mol. The van der Waals surface area contributed by atoms with Gasteiger partial charge < -0.3 is 25.7 Å². The van der Waals surface area contributed by atoms with Gasteiger partial charge in [-0.15, -0.1) is 0 Å². The van der Waals surface area contributed by atoms with Crippen LogP contribution in [0.3, 0.4) is 0 Å². The van der Waals surface area contributed by atoms with Crippen molar-refractivity contribution < 1.29 is 29.6 Å². The first-order valence-electron chi connectivity index (χ1n) is 11.0. The number of phenolic OH excluding ortho intramolecular Hbond substituents is 3. The van der Waals surface area contributed by atoms with Crippen LogP contribution in [-0.4, -0.2) is 31.9 Å². The number of aliphatic hydroxyl groups is 1. The molecule has 7 heteroatoms. The molecule has 0 aliphatic heterocycles. The highest BCUT2D eigenvalue weighted by Gasteiger charge is 2.44. The molecule has 32 heavy (non-hydrogen) atoms. The SMILES string of the molecule is CC(C)(CC(O)(CC1CCCCC1)C(=O)Nc1cc(O)cc(O)c1)c1cc(F)ccc1O. The van der Waals surface area contributed by atoms with Crippen LogP contribution in [0.2, 0.25) is 0 Å². The summed E-state index contributed by atoms with van der Waals surface area (Å²) in [6, 6.07) is 7.35. The molecule has 2 aromatic rings. The Morgan fingerprint density at radius 1 is 1.03 bits per heavy atom. The second kappa shape index (κ2) is 9.36. The number of anilines is 1.